The zero-order valence-corrected chi connectivity index (χ0v) is 13.1. The number of amides is 1. The normalized spacial score (nSPS) is 16.4. The van der Waals surface area contributed by atoms with Crippen molar-refractivity contribution in [1.82, 2.24) is 25.5 Å². The van der Waals surface area contributed by atoms with Crippen LogP contribution in [0, 0.1) is 0 Å². The van der Waals surface area contributed by atoms with Crippen LogP contribution < -0.4 is 5.32 Å². The third-order valence-corrected chi connectivity index (χ3v) is 4.42. The lowest BCUT2D eigenvalue weighted by Crippen LogP contribution is -2.30. The van der Waals surface area contributed by atoms with Crippen molar-refractivity contribution in [2.45, 2.75) is 25.3 Å². The standard InChI is InChI=1S/C18H17N5O/c24-18(14-8-10-15(11-9-14)23-12-19-21-22-23)20-17-7-3-5-13-4-1-2-6-16(13)17/h1-2,4,6,8-12,17H,3,5,7H2,(H,20,24). The molecule has 1 atom stereocenters. The molecule has 0 fully saturated rings. The van der Waals surface area contributed by atoms with E-state index in [1.807, 2.05) is 18.2 Å². The van der Waals surface area contributed by atoms with Gasteiger partial charge in [-0.15, -0.1) is 5.10 Å². The van der Waals surface area contributed by atoms with Crippen LogP contribution in [-0.2, 0) is 6.42 Å². The van der Waals surface area contributed by atoms with E-state index in [0.29, 0.717) is 5.56 Å². The van der Waals surface area contributed by atoms with Crippen molar-refractivity contribution in [2.75, 3.05) is 0 Å². The molecule has 6 heteroatoms. The van der Waals surface area contributed by atoms with Crippen LogP contribution in [0.2, 0.25) is 0 Å². The molecular formula is C18H17N5O. The van der Waals surface area contributed by atoms with E-state index in [1.165, 1.54) is 17.5 Å². The summed E-state index contributed by atoms with van der Waals surface area (Å²) in [6.07, 6.45) is 4.68. The average molecular weight is 319 g/mol. The molecule has 1 aromatic heterocycles. The molecule has 0 radical (unpaired) electrons. The molecule has 1 unspecified atom stereocenters. The van der Waals surface area contributed by atoms with Crippen LogP contribution in [0.25, 0.3) is 5.69 Å². The summed E-state index contributed by atoms with van der Waals surface area (Å²) in [6, 6.07) is 15.7. The minimum Gasteiger partial charge on any atom is -0.345 e. The number of carbonyl (C=O) groups is 1. The molecule has 0 spiro atoms. The Morgan fingerprint density at radius 2 is 1.96 bits per heavy atom. The molecule has 3 aromatic rings. The molecule has 4 rings (SSSR count). The van der Waals surface area contributed by atoms with Gasteiger partial charge >= 0.3 is 0 Å². The van der Waals surface area contributed by atoms with Gasteiger partial charge in [0.2, 0.25) is 0 Å². The minimum absolute atomic E-state index is 0.0556. The van der Waals surface area contributed by atoms with Gasteiger partial charge in [0.05, 0.1) is 11.7 Å². The van der Waals surface area contributed by atoms with Gasteiger partial charge in [0, 0.05) is 5.56 Å². The molecule has 120 valence electrons. The highest BCUT2D eigenvalue weighted by Crippen LogP contribution is 2.29. The van der Waals surface area contributed by atoms with Gasteiger partial charge in [-0.05, 0) is 65.1 Å². The molecule has 24 heavy (non-hydrogen) atoms. The minimum atomic E-state index is -0.0556. The maximum Gasteiger partial charge on any atom is 0.251 e. The van der Waals surface area contributed by atoms with E-state index in [-0.39, 0.29) is 11.9 Å². The van der Waals surface area contributed by atoms with Gasteiger partial charge in [0.1, 0.15) is 6.33 Å². The summed E-state index contributed by atoms with van der Waals surface area (Å²) in [4.78, 5) is 12.6. The second-order valence-corrected chi connectivity index (χ2v) is 5.92. The number of aryl methyl sites for hydroxylation is 1. The fraction of sp³-hybridized carbons (Fsp3) is 0.222. The quantitative estimate of drug-likeness (QED) is 0.805. The lowest BCUT2D eigenvalue weighted by Gasteiger charge is -2.26. The molecule has 1 aliphatic rings. The van der Waals surface area contributed by atoms with Crippen molar-refractivity contribution in [3.8, 4) is 5.69 Å². The summed E-state index contributed by atoms with van der Waals surface area (Å²) in [7, 11) is 0. The Morgan fingerprint density at radius 1 is 1.12 bits per heavy atom. The summed E-state index contributed by atoms with van der Waals surface area (Å²) < 4.78 is 1.55. The number of carbonyl (C=O) groups excluding carboxylic acids is 1. The topological polar surface area (TPSA) is 72.7 Å². The summed E-state index contributed by atoms with van der Waals surface area (Å²) in [5.74, 6) is -0.0556. The molecule has 1 amide bonds. The molecule has 2 aromatic carbocycles. The highest BCUT2D eigenvalue weighted by molar-refractivity contribution is 5.94. The summed E-state index contributed by atoms with van der Waals surface area (Å²) in [5, 5.41) is 14.2. The van der Waals surface area contributed by atoms with E-state index in [1.54, 1.807) is 16.8 Å². The lowest BCUT2D eigenvalue weighted by atomic mass is 9.87. The Kier molecular flexibility index (Phi) is 3.78. The van der Waals surface area contributed by atoms with Gasteiger partial charge in [-0.3, -0.25) is 4.79 Å². The predicted molar refractivity (Wildman–Crippen MR) is 88.7 cm³/mol. The fourth-order valence-electron chi connectivity index (χ4n) is 3.19. The Labute approximate surface area is 139 Å². The molecule has 0 saturated carbocycles. The molecule has 0 aliphatic heterocycles. The van der Waals surface area contributed by atoms with Crippen molar-refractivity contribution < 1.29 is 4.79 Å². The molecule has 1 heterocycles. The first kappa shape index (κ1) is 14.6. The number of nitrogens with one attached hydrogen (secondary N) is 1. The average Bonchev–Trinajstić information content (AvgIpc) is 3.17. The van der Waals surface area contributed by atoms with E-state index in [9.17, 15) is 4.79 Å². The third kappa shape index (κ3) is 2.78. The first-order valence-corrected chi connectivity index (χ1v) is 8.03. The number of benzene rings is 2. The van der Waals surface area contributed by atoms with Gasteiger partial charge in [-0.2, -0.15) is 0 Å². The second kappa shape index (κ2) is 6.23. The van der Waals surface area contributed by atoms with Crippen LogP contribution in [0.5, 0.6) is 0 Å². The Morgan fingerprint density at radius 3 is 2.75 bits per heavy atom. The third-order valence-electron chi connectivity index (χ3n) is 4.42. The first-order chi connectivity index (χ1) is 11.8. The molecule has 1 N–H and O–H groups in total. The highest BCUT2D eigenvalue weighted by Gasteiger charge is 2.21. The predicted octanol–water partition coefficient (Wildman–Crippen LogP) is 2.47. The number of aromatic nitrogens is 4. The van der Waals surface area contributed by atoms with Gasteiger partial charge in [0.25, 0.3) is 5.91 Å². The Balaban J connectivity index is 1.51. The van der Waals surface area contributed by atoms with Crippen molar-refractivity contribution >= 4 is 5.91 Å². The summed E-state index contributed by atoms with van der Waals surface area (Å²) >= 11 is 0. The van der Waals surface area contributed by atoms with Crippen molar-refractivity contribution in [3.63, 3.8) is 0 Å². The largest absolute Gasteiger partial charge is 0.345 e. The zero-order chi connectivity index (χ0) is 16.4. The van der Waals surface area contributed by atoms with Crippen molar-refractivity contribution in [3.05, 3.63) is 71.5 Å². The number of fused-ring (bicyclic) bond motifs is 1. The van der Waals surface area contributed by atoms with E-state index in [0.717, 1.165) is 24.9 Å². The molecular weight excluding hydrogens is 302 g/mol. The SMILES string of the molecule is O=C(NC1CCCc2ccccc21)c1ccc(-n2cnnn2)cc1. The van der Waals surface area contributed by atoms with Gasteiger partial charge < -0.3 is 5.32 Å². The highest BCUT2D eigenvalue weighted by atomic mass is 16.1. The maximum absolute atomic E-state index is 12.6. The Bertz CT molecular complexity index is 842. The zero-order valence-electron chi connectivity index (χ0n) is 13.1. The van der Waals surface area contributed by atoms with E-state index in [4.69, 9.17) is 0 Å². The van der Waals surface area contributed by atoms with E-state index in [2.05, 4.69) is 39.0 Å². The van der Waals surface area contributed by atoms with Crippen molar-refractivity contribution in [1.29, 1.82) is 0 Å². The van der Waals surface area contributed by atoms with Crippen LogP contribution in [0.4, 0.5) is 0 Å². The number of tetrazole rings is 1. The van der Waals surface area contributed by atoms with Gasteiger partial charge in [0.15, 0.2) is 0 Å². The van der Waals surface area contributed by atoms with Crippen LogP contribution >= 0.6 is 0 Å². The summed E-state index contributed by atoms with van der Waals surface area (Å²) in [5.41, 5.74) is 4.03. The number of hydrogen-bond donors (Lipinski definition) is 1. The van der Waals surface area contributed by atoms with E-state index < -0.39 is 0 Å². The number of hydrogen-bond acceptors (Lipinski definition) is 4. The summed E-state index contributed by atoms with van der Waals surface area (Å²) in [6.45, 7) is 0. The van der Waals surface area contributed by atoms with Crippen LogP contribution in [0.15, 0.2) is 54.9 Å². The monoisotopic (exact) mass is 319 g/mol. The Hall–Kier alpha value is -3.02. The number of nitrogens with zero attached hydrogens (tertiary/aromatic N) is 4. The molecule has 6 nitrogen and oxygen atoms in total. The molecule has 1 aliphatic carbocycles. The van der Waals surface area contributed by atoms with Gasteiger partial charge in [-0.1, -0.05) is 24.3 Å². The van der Waals surface area contributed by atoms with Crippen LogP contribution in [-0.4, -0.2) is 26.1 Å². The molecule has 0 saturated heterocycles. The van der Waals surface area contributed by atoms with Gasteiger partial charge in [-0.25, -0.2) is 4.68 Å². The maximum atomic E-state index is 12.6. The van der Waals surface area contributed by atoms with Crippen LogP contribution in [0.1, 0.15) is 40.4 Å². The molecule has 0 bridgehead atoms. The smallest absolute Gasteiger partial charge is 0.251 e. The fourth-order valence-corrected chi connectivity index (χ4v) is 3.19. The van der Waals surface area contributed by atoms with E-state index >= 15 is 0 Å². The first-order valence-electron chi connectivity index (χ1n) is 8.03. The van der Waals surface area contributed by atoms with Crippen LogP contribution in [0.3, 0.4) is 0 Å². The van der Waals surface area contributed by atoms with Crippen molar-refractivity contribution in [2.24, 2.45) is 0 Å². The number of rotatable bonds is 3. The second-order valence-electron chi connectivity index (χ2n) is 5.92. The lowest BCUT2D eigenvalue weighted by molar-refractivity contribution is 0.0933.